The van der Waals surface area contributed by atoms with E-state index in [1.54, 1.807) is 6.07 Å². The van der Waals surface area contributed by atoms with Crippen molar-refractivity contribution in [3.8, 4) is 23.3 Å². The van der Waals surface area contributed by atoms with Gasteiger partial charge in [0.2, 0.25) is 0 Å². The van der Waals surface area contributed by atoms with Crippen LogP contribution < -0.4 is 15.8 Å². The van der Waals surface area contributed by atoms with E-state index >= 15 is 0 Å². The molecule has 0 aliphatic carbocycles. The smallest absolute Gasteiger partial charge is 0.161 e. The molecule has 0 saturated carbocycles. The molecule has 0 fully saturated rings. The van der Waals surface area contributed by atoms with Gasteiger partial charge in [-0.1, -0.05) is 81.5 Å². The number of nitrogens with zero attached hydrogens (tertiary/aromatic N) is 1. The number of nitrogens with one attached hydrogen (secondary N) is 1. The van der Waals surface area contributed by atoms with Crippen molar-refractivity contribution in [1.29, 1.82) is 0 Å². The number of aryl methyl sites for hydroxylation is 1. The number of rotatable bonds is 5. The van der Waals surface area contributed by atoms with E-state index in [0.717, 1.165) is 71.0 Å². The average Bonchev–Trinajstić information content (AvgIpc) is 3.55. The van der Waals surface area contributed by atoms with Gasteiger partial charge in [0.15, 0.2) is 11.5 Å². The molecule has 7 heteroatoms. The van der Waals surface area contributed by atoms with Gasteiger partial charge < -0.3 is 35.3 Å². The van der Waals surface area contributed by atoms with Crippen LogP contribution in [0.5, 0.6) is 11.5 Å². The van der Waals surface area contributed by atoms with Crippen LogP contribution in [-0.4, -0.2) is 39.8 Å². The third-order valence-corrected chi connectivity index (χ3v) is 11.0. The number of hydrogen-bond acceptors (Lipinski definition) is 6. The van der Waals surface area contributed by atoms with Gasteiger partial charge in [-0.05, 0) is 103 Å². The number of aliphatic hydroxyl groups excluding tert-OH is 1. The Morgan fingerprint density at radius 1 is 1.00 bits per heavy atom. The minimum Gasteiger partial charge on any atom is -0.504 e. The van der Waals surface area contributed by atoms with E-state index in [9.17, 15) is 10.2 Å². The van der Waals surface area contributed by atoms with E-state index in [1.165, 1.54) is 11.1 Å². The monoisotopic (exact) mass is 699 g/mol. The highest BCUT2D eigenvalue weighted by Crippen LogP contribution is 2.34. The van der Waals surface area contributed by atoms with Gasteiger partial charge >= 0.3 is 0 Å². The Morgan fingerprint density at radius 2 is 1.85 bits per heavy atom. The summed E-state index contributed by atoms with van der Waals surface area (Å²) in [6.07, 6.45) is 11.9. The van der Waals surface area contributed by atoms with Gasteiger partial charge in [-0.2, -0.15) is 0 Å². The van der Waals surface area contributed by atoms with Gasteiger partial charge in [-0.15, -0.1) is 0 Å². The molecule has 5 atom stereocenters. The molecule has 7 nitrogen and oxygen atoms in total. The van der Waals surface area contributed by atoms with E-state index in [0.29, 0.717) is 43.5 Å². The summed E-state index contributed by atoms with van der Waals surface area (Å²) < 4.78 is 15.3. The van der Waals surface area contributed by atoms with Gasteiger partial charge in [0.1, 0.15) is 12.4 Å². The molecule has 3 aliphatic heterocycles. The van der Waals surface area contributed by atoms with Crippen molar-refractivity contribution in [3.05, 3.63) is 113 Å². The van der Waals surface area contributed by atoms with Crippen molar-refractivity contribution in [2.24, 2.45) is 23.5 Å². The molecule has 4 heterocycles. The number of aromatic nitrogens is 1. The maximum atomic E-state index is 11.4. The fourth-order valence-electron chi connectivity index (χ4n) is 7.88. The number of dihydropyridines is 1. The fourth-order valence-corrected chi connectivity index (χ4v) is 7.88. The summed E-state index contributed by atoms with van der Waals surface area (Å²) in [6, 6.07) is 20.4. The van der Waals surface area contributed by atoms with Gasteiger partial charge in [0.25, 0.3) is 0 Å². The second-order valence-corrected chi connectivity index (χ2v) is 15.5. The first kappa shape index (κ1) is 35.9. The first-order valence-electron chi connectivity index (χ1n) is 19.1. The molecule has 3 aromatic carbocycles. The SMILES string of the molecule is CC(C)CCC1CCC2CC(O)CCc3ccc(O)c(c3)OCc3cc(Cc4ccccc4)cc4cn(cc34)C3=C(CO2)C(=CC(N)N3)C#CC1C. The maximum Gasteiger partial charge on any atom is 0.161 e. The molecule has 5 N–H and O–H groups in total. The number of aliphatic hydroxyl groups is 1. The molecule has 4 aromatic rings. The number of phenolic OH excluding ortho intramolecular Hbond substituents is 1. The zero-order valence-corrected chi connectivity index (χ0v) is 30.8. The molecule has 272 valence electrons. The minimum absolute atomic E-state index is 0.101. The molecule has 0 radical (unpaired) electrons. The van der Waals surface area contributed by atoms with Crippen molar-refractivity contribution < 1.29 is 19.7 Å². The lowest BCUT2D eigenvalue weighted by atomic mass is 9.83. The van der Waals surface area contributed by atoms with Crippen molar-refractivity contribution in [1.82, 2.24) is 9.88 Å². The van der Waals surface area contributed by atoms with E-state index in [4.69, 9.17) is 15.2 Å². The largest absolute Gasteiger partial charge is 0.504 e. The summed E-state index contributed by atoms with van der Waals surface area (Å²) in [7, 11) is 0. The van der Waals surface area contributed by atoms with Crippen LogP contribution in [0.1, 0.15) is 81.5 Å². The summed E-state index contributed by atoms with van der Waals surface area (Å²) in [4.78, 5) is 0. The highest BCUT2D eigenvalue weighted by Gasteiger charge is 2.27. The molecular weight excluding hydrogens is 647 g/mol. The second-order valence-electron chi connectivity index (χ2n) is 15.5. The quantitative estimate of drug-likeness (QED) is 0.157. The Morgan fingerprint density at radius 3 is 2.67 bits per heavy atom. The van der Waals surface area contributed by atoms with Crippen LogP contribution in [0.4, 0.5) is 0 Å². The van der Waals surface area contributed by atoms with E-state index in [1.807, 2.05) is 24.3 Å². The number of fused-ring (bicyclic) bond motifs is 6. The number of benzene rings is 3. The zero-order valence-electron chi connectivity index (χ0n) is 30.8. The topological polar surface area (TPSA) is 102 Å². The lowest BCUT2D eigenvalue weighted by Crippen LogP contribution is -2.40. The summed E-state index contributed by atoms with van der Waals surface area (Å²) in [5.74, 6) is 9.87. The van der Waals surface area contributed by atoms with Crippen LogP contribution in [0.3, 0.4) is 0 Å². The van der Waals surface area contributed by atoms with Crippen molar-refractivity contribution in [2.75, 3.05) is 6.61 Å². The molecule has 0 saturated heterocycles. The van der Waals surface area contributed by atoms with Crippen LogP contribution in [-0.2, 0) is 24.2 Å². The van der Waals surface area contributed by atoms with E-state index in [2.05, 4.69) is 91.3 Å². The number of hydrogen-bond donors (Lipinski definition) is 4. The van der Waals surface area contributed by atoms with Crippen molar-refractivity contribution in [3.63, 3.8) is 0 Å². The number of phenols is 1. The van der Waals surface area contributed by atoms with Gasteiger partial charge in [-0.3, -0.25) is 0 Å². The first-order chi connectivity index (χ1) is 25.2. The van der Waals surface area contributed by atoms with E-state index < -0.39 is 12.3 Å². The summed E-state index contributed by atoms with van der Waals surface area (Å²) in [5.41, 5.74) is 13.0. The van der Waals surface area contributed by atoms with Crippen LogP contribution in [0.25, 0.3) is 16.6 Å². The Bertz CT molecular complexity index is 2000. The Balaban J connectivity index is 1.36. The van der Waals surface area contributed by atoms with E-state index in [-0.39, 0.29) is 24.4 Å². The predicted octanol–water partition coefficient (Wildman–Crippen LogP) is 8.07. The molecule has 0 amide bonds. The highest BCUT2D eigenvalue weighted by molar-refractivity contribution is 5.88. The van der Waals surface area contributed by atoms with Gasteiger partial charge in [-0.25, -0.2) is 0 Å². The second kappa shape index (κ2) is 16.0. The standard InChI is InChI=1S/C45H53N3O4/c1-29(2)9-13-34-15-17-39-24-38(49)16-11-32-12-18-42(50)43(22-32)52-27-37-21-33(19-31-7-5-4-6-8-31)20-36-25-48(26-40(36)37)45-41(28-51-39)35(14-10-30(34)3)23-44(46)47-45/h4-8,12,18,20-23,25-26,29-30,34,38-39,44,47,49-50H,9,11,13,15-17,19,24,27-28,46H2,1-3H3. The fraction of sp³-hybridized carbons (Fsp3) is 0.422. The normalized spacial score (nSPS) is 23.9. The summed E-state index contributed by atoms with van der Waals surface area (Å²) in [6.45, 7) is 7.45. The maximum absolute atomic E-state index is 11.4. The summed E-state index contributed by atoms with van der Waals surface area (Å²) in [5, 5.41) is 27.9. The Labute approximate surface area is 308 Å². The van der Waals surface area contributed by atoms with Crippen molar-refractivity contribution >= 4 is 16.6 Å². The van der Waals surface area contributed by atoms with Crippen LogP contribution >= 0.6 is 0 Å². The zero-order chi connectivity index (χ0) is 36.2. The van der Waals surface area contributed by atoms with Crippen molar-refractivity contribution in [2.45, 2.75) is 97.1 Å². The summed E-state index contributed by atoms with van der Waals surface area (Å²) >= 11 is 0. The minimum atomic E-state index is -0.538. The van der Waals surface area contributed by atoms with Gasteiger partial charge in [0.05, 0.1) is 25.0 Å². The van der Waals surface area contributed by atoms with Crippen LogP contribution in [0.2, 0.25) is 0 Å². The third kappa shape index (κ3) is 8.58. The lowest BCUT2D eigenvalue weighted by Gasteiger charge is -2.28. The van der Waals surface area contributed by atoms with Crippen LogP contribution in [0.15, 0.2) is 90.3 Å². The lowest BCUT2D eigenvalue weighted by molar-refractivity contribution is 0.0139. The third-order valence-electron chi connectivity index (χ3n) is 11.0. The number of aromatic hydroxyl groups is 1. The molecule has 6 bridgehead atoms. The highest BCUT2D eigenvalue weighted by atomic mass is 16.5. The molecule has 5 unspecified atom stereocenters. The molecule has 3 aliphatic rings. The average molecular weight is 700 g/mol. The molecule has 0 spiro atoms. The Hall–Kier alpha value is -4.48. The first-order valence-corrected chi connectivity index (χ1v) is 19.1. The number of nitrogens with two attached hydrogens (primary N) is 1. The molecule has 7 rings (SSSR count). The Kier molecular flexibility index (Phi) is 11.1. The predicted molar refractivity (Wildman–Crippen MR) is 208 cm³/mol. The van der Waals surface area contributed by atoms with Gasteiger partial charge in [0, 0.05) is 40.2 Å². The number of ether oxygens (including phenoxy) is 2. The molecule has 1 aromatic heterocycles. The van der Waals surface area contributed by atoms with Crippen LogP contribution in [0, 0.1) is 29.6 Å². The molecule has 52 heavy (non-hydrogen) atoms. The molecular formula is C45H53N3O4.